The van der Waals surface area contributed by atoms with Gasteiger partial charge in [-0.15, -0.1) is 4.83 Å². The van der Waals surface area contributed by atoms with E-state index >= 15 is 0 Å². The number of nitro groups is 1. The van der Waals surface area contributed by atoms with Gasteiger partial charge in [-0.3, -0.25) is 20.3 Å². The summed E-state index contributed by atoms with van der Waals surface area (Å²) in [6, 6.07) is 4.31. The number of aryl methyl sites for hydroxylation is 1. The summed E-state index contributed by atoms with van der Waals surface area (Å²) in [5, 5.41) is 10.6. The average Bonchev–Trinajstić information content (AvgIpc) is 2.91. The van der Waals surface area contributed by atoms with Crippen molar-refractivity contribution in [1.82, 2.24) is 10.3 Å². The normalized spacial score (nSPS) is 11.2. The summed E-state index contributed by atoms with van der Waals surface area (Å²) in [6.07, 6.45) is 1.28. The fraction of sp³-hybridized carbons (Fsp3) is 0.0833. The Labute approximate surface area is 135 Å². The van der Waals surface area contributed by atoms with Crippen LogP contribution >= 0.6 is 11.6 Å². The second-order valence-corrected chi connectivity index (χ2v) is 6.41. The molecule has 2 rings (SSSR count). The Morgan fingerprint density at radius 3 is 2.61 bits per heavy atom. The number of hydrogen-bond acceptors (Lipinski definition) is 6. The predicted molar refractivity (Wildman–Crippen MR) is 79.3 cm³/mol. The summed E-state index contributed by atoms with van der Waals surface area (Å²) in [5.74, 6) is -0.424. The topological polar surface area (TPSA) is 132 Å². The van der Waals surface area contributed by atoms with Crippen molar-refractivity contribution in [1.29, 1.82) is 0 Å². The summed E-state index contributed by atoms with van der Waals surface area (Å²) in [4.78, 5) is 23.2. The van der Waals surface area contributed by atoms with Crippen LogP contribution in [0.1, 0.15) is 16.1 Å². The summed E-state index contributed by atoms with van der Waals surface area (Å²) < 4.78 is 29.1. The molecule has 11 heteroatoms. The highest BCUT2D eigenvalue weighted by Gasteiger charge is 2.22. The second kappa shape index (κ2) is 6.36. The van der Waals surface area contributed by atoms with Crippen LogP contribution in [0.5, 0.6) is 0 Å². The zero-order valence-electron chi connectivity index (χ0n) is 11.6. The van der Waals surface area contributed by atoms with E-state index in [4.69, 9.17) is 16.0 Å². The molecule has 0 unspecified atom stereocenters. The van der Waals surface area contributed by atoms with Gasteiger partial charge in [-0.25, -0.2) is 8.42 Å². The van der Waals surface area contributed by atoms with Crippen LogP contribution in [0.25, 0.3) is 0 Å². The lowest BCUT2D eigenvalue weighted by Crippen LogP contribution is -2.41. The maximum absolute atomic E-state index is 12.1. The lowest BCUT2D eigenvalue weighted by molar-refractivity contribution is -0.384. The SMILES string of the molecule is Cc1occc1C(=O)NNS(=O)(=O)c1ccc(Cl)c([N+](=O)[O-])c1. The van der Waals surface area contributed by atoms with E-state index in [1.807, 2.05) is 10.3 Å². The molecule has 23 heavy (non-hydrogen) atoms. The van der Waals surface area contributed by atoms with E-state index in [9.17, 15) is 23.3 Å². The summed E-state index contributed by atoms with van der Waals surface area (Å²) >= 11 is 5.62. The van der Waals surface area contributed by atoms with E-state index in [0.717, 1.165) is 18.2 Å². The number of benzene rings is 1. The Hall–Kier alpha value is -2.43. The Morgan fingerprint density at radius 1 is 1.35 bits per heavy atom. The number of nitrogens with one attached hydrogen (secondary N) is 2. The Kier molecular flexibility index (Phi) is 4.68. The van der Waals surface area contributed by atoms with E-state index in [1.165, 1.54) is 19.3 Å². The van der Waals surface area contributed by atoms with Gasteiger partial charge in [0.15, 0.2) is 0 Å². The minimum Gasteiger partial charge on any atom is -0.469 e. The third-order valence-corrected chi connectivity index (χ3v) is 4.39. The van der Waals surface area contributed by atoms with Gasteiger partial charge in [0.2, 0.25) is 0 Å². The van der Waals surface area contributed by atoms with Gasteiger partial charge < -0.3 is 4.42 Å². The van der Waals surface area contributed by atoms with E-state index in [-0.39, 0.29) is 10.6 Å². The van der Waals surface area contributed by atoms with E-state index in [2.05, 4.69) is 0 Å². The van der Waals surface area contributed by atoms with Gasteiger partial charge in [-0.2, -0.15) is 0 Å². The third-order valence-electron chi connectivity index (χ3n) is 2.83. The van der Waals surface area contributed by atoms with Crippen molar-refractivity contribution in [2.24, 2.45) is 0 Å². The Morgan fingerprint density at radius 2 is 2.04 bits per heavy atom. The molecule has 0 fully saturated rings. The van der Waals surface area contributed by atoms with Crippen molar-refractivity contribution in [2.75, 3.05) is 0 Å². The molecule has 1 aromatic carbocycles. The molecule has 0 aliphatic carbocycles. The highest BCUT2D eigenvalue weighted by atomic mass is 35.5. The summed E-state index contributed by atoms with van der Waals surface area (Å²) in [7, 11) is -4.21. The molecule has 0 aliphatic rings. The highest BCUT2D eigenvalue weighted by molar-refractivity contribution is 7.89. The summed E-state index contributed by atoms with van der Waals surface area (Å²) in [6.45, 7) is 1.53. The molecule has 2 N–H and O–H groups in total. The second-order valence-electron chi connectivity index (χ2n) is 4.32. The largest absolute Gasteiger partial charge is 0.469 e. The Bertz CT molecular complexity index is 877. The number of carbonyl (C=O) groups excluding carboxylic acids is 1. The Balaban J connectivity index is 2.20. The number of hydrazine groups is 1. The molecule has 0 aliphatic heterocycles. The first-order chi connectivity index (χ1) is 10.7. The first-order valence-corrected chi connectivity index (χ1v) is 7.88. The molecule has 0 spiro atoms. The van der Waals surface area contributed by atoms with Gasteiger partial charge in [-0.05, 0) is 25.1 Å². The number of rotatable bonds is 5. The van der Waals surface area contributed by atoms with Crippen molar-refractivity contribution < 1.29 is 22.6 Å². The maximum atomic E-state index is 12.1. The zero-order chi connectivity index (χ0) is 17.2. The standard InChI is InChI=1S/C12H10ClN3O6S/c1-7-9(4-5-22-7)12(17)14-15-23(20,21)8-2-3-10(13)11(6-8)16(18)19/h2-6,15H,1H3,(H,14,17). The lowest BCUT2D eigenvalue weighted by atomic mass is 10.2. The van der Waals surface area contributed by atoms with Crippen LogP contribution < -0.4 is 10.3 Å². The molecular formula is C12H10ClN3O6S. The molecule has 2 aromatic rings. The number of hydrogen-bond donors (Lipinski definition) is 2. The van der Waals surface area contributed by atoms with Crippen LogP contribution in [-0.2, 0) is 10.0 Å². The van der Waals surface area contributed by atoms with Gasteiger partial charge in [0.25, 0.3) is 21.6 Å². The monoisotopic (exact) mass is 359 g/mol. The van der Waals surface area contributed by atoms with Crippen molar-refractivity contribution in [3.63, 3.8) is 0 Å². The van der Waals surface area contributed by atoms with Gasteiger partial charge in [0.05, 0.1) is 21.6 Å². The van der Waals surface area contributed by atoms with Crippen LogP contribution in [-0.4, -0.2) is 19.2 Å². The van der Waals surface area contributed by atoms with E-state index in [1.54, 1.807) is 0 Å². The number of nitrogens with zero attached hydrogens (tertiary/aromatic N) is 1. The molecule has 1 amide bonds. The fourth-order valence-corrected chi connectivity index (χ4v) is 2.71. The van der Waals surface area contributed by atoms with Crippen LogP contribution in [0.3, 0.4) is 0 Å². The quantitative estimate of drug-likeness (QED) is 0.617. The number of sulfonamides is 1. The molecule has 9 nitrogen and oxygen atoms in total. The average molecular weight is 360 g/mol. The molecule has 0 bridgehead atoms. The zero-order valence-corrected chi connectivity index (χ0v) is 13.1. The molecule has 0 saturated heterocycles. The number of furan rings is 1. The number of nitro benzene ring substituents is 1. The lowest BCUT2D eigenvalue weighted by Gasteiger charge is -2.08. The minimum atomic E-state index is -4.21. The molecular weight excluding hydrogens is 350 g/mol. The van der Waals surface area contributed by atoms with Crippen molar-refractivity contribution in [2.45, 2.75) is 11.8 Å². The number of carbonyl (C=O) groups is 1. The van der Waals surface area contributed by atoms with Gasteiger partial charge in [0, 0.05) is 6.07 Å². The molecule has 122 valence electrons. The van der Waals surface area contributed by atoms with Crippen LogP contribution in [0.15, 0.2) is 39.8 Å². The van der Waals surface area contributed by atoms with Crippen LogP contribution in [0, 0.1) is 17.0 Å². The highest BCUT2D eigenvalue weighted by Crippen LogP contribution is 2.26. The predicted octanol–water partition coefficient (Wildman–Crippen LogP) is 1.77. The van der Waals surface area contributed by atoms with E-state index < -0.39 is 31.4 Å². The van der Waals surface area contributed by atoms with Crippen LogP contribution in [0.4, 0.5) is 5.69 Å². The van der Waals surface area contributed by atoms with Gasteiger partial charge in [0.1, 0.15) is 10.8 Å². The third kappa shape index (κ3) is 3.67. The smallest absolute Gasteiger partial charge is 0.289 e. The minimum absolute atomic E-state index is 0.148. The van der Waals surface area contributed by atoms with Crippen molar-refractivity contribution in [3.8, 4) is 0 Å². The molecule has 1 heterocycles. The molecule has 0 saturated carbocycles. The fourth-order valence-electron chi connectivity index (χ4n) is 1.66. The number of amides is 1. The van der Waals surface area contributed by atoms with Gasteiger partial charge in [-0.1, -0.05) is 11.6 Å². The van der Waals surface area contributed by atoms with Gasteiger partial charge >= 0.3 is 0 Å². The van der Waals surface area contributed by atoms with E-state index in [0.29, 0.717) is 5.76 Å². The first-order valence-electron chi connectivity index (χ1n) is 6.02. The first kappa shape index (κ1) is 16.9. The molecule has 0 radical (unpaired) electrons. The van der Waals surface area contributed by atoms with Crippen molar-refractivity contribution in [3.05, 3.63) is 57.0 Å². The van der Waals surface area contributed by atoms with Crippen molar-refractivity contribution >= 4 is 33.2 Å². The molecule has 0 atom stereocenters. The summed E-state index contributed by atoms with van der Waals surface area (Å²) in [5.41, 5.74) is 1.57. The maximum Gasteiger partial charge on any atom is 0.289 e. The molecule has 1 aromatic heterocycles. The number of halogens is 1. The van der Waals surface area contributed by atoms with Crippen LogP contribution in [0.2, 0.25) is 5.02 Å².